The summed E-state index contributed by atoms with van der Waals surface area (Å²) in [5.74, 6) is 0.600. The molecule has 0 spiro atoms. The highest BCUT2D eigenvalue weighted by atomic mass is 32.2. The van der Waals surface area contributed by atoms with Crippen molar-refractivity contribution in [3.8, 4) is 5.75 Å². The number of methoxy groups -OCH3 is 1. The Morgan fingerprint density at radius 1 is 1.32 bits per heavy atom. The van der Waals surface area contributed by atoms with E-state index in [1.165, 1.54) is 6.26 Å². The Balaban J connectivity index is 2.38. The lowest BCUT2D eigenvalue weighted by Gasteiger charge is -2.09. The molecular weight excluding hydrogens is 266 g/mol. The highest BCUT2D eigenvalue weighted by molar-refractivity contribution is 7.90. The Bertz CT molecular complexity index is 525. The fourth-order valence-electron chi connectivity index (χ4n) is 1.63. The average molecular weight is 285 g/mol. The number of rotatable bonds is 7. The molecule has 1 aromatic rings. The van der Waals surface area contributed by atoms with Gasteiger partial charge >= 0.3 is 0 Å². The van der Waals surface area contributed by atoms with Gasteiger partial charge in [-0.3, -0.25) is 4.79 Å². The van der Waals surface area contributed by atoms with E-state index < -0.39 is 9.84 Å². The third-order valence-corrected chi connectivity index (χ3v) is 3.62. The van der Waals surface area contributed by atoms with Crippen molar-refractivity contribution >= 4 is 15.7 Å². The first kappa shape index (κ1) is 15.5. The summed E-state index contributed by atoms with van der Waals surface area (Å²) in [6.07, 6.45) is 1.72. The first-order valence-corrected chi connectivity index (χ1v) is 8.05. The fraction of sp³-hybridized carbons (Fsp3) is 0.462. The lowest BCUT2D eigenvalue weighted by Crippen LogP contribution is -2.23. The van der Waals surface area contributed by atoms with Crippen LogP contribution in [-0.2, 0) is 21.2 Å². The van der Waals surface area contributed by atoms with Gasteiger partial charge in [0.25, 0.3) is 0 Å². The topological polar surface area (TPSA) is 72.5 Å². The van der Waals surface area contributed by atoms with Crippen LogP contribution < -0.4 is 10.1 Å². The highest BCUT2D eigenvalue weighted by Crippen LogP contribution is 2.16. The van der Waals surface area contributed by atoms with Crippen LogP contribution in [0.15, 0.2) is 24.3 Å². The number of ether oxygens (including phenoxy) is 1. The normalized spacial score (nSPS) is 11.1. The highest BCUT2D eigenvalue weighted by Gasteiger charge is 2.07. The zero-order valence-corrected chi connectivity index (χ0v) is 12.0. The maximum atomic E-state index is 11.6. The van der Waals surface area contributed by atoms with Crippen molar-refractivity contribution in [2.45, 2.75) is 19.4 Å². The minimum absolute atomic E-state index is 0.0368. The number of carbonyl (C=O) groups is 1. The van der Waals surface area contributed by atoms with Gasteiger partial charge in [-0.25, -0.2) is 8.42 Å². The molecule has 5 nitrogen and oxygen atoms in total. The maximum absolute atomic E-state index is 11.6. The third kappa shape index (κ3) is 6.24. The summed E-state index contributed by atoms with van der Waals surface area (Å²) < 4.78 is 27.0. The summed E-state index contributed by atoms with van der Waals surface area (Å²) in [7, 11) is -1.42. The van der Waals surface area contributed by atoms with Crippen molar-refractivity contribution < 1.29 is 17.9 Å². The van der Waals surface area contributed by atoms with E-state index in [4.69, 9.17) is 4.74 Å². The van der Waals surface area contributed by atoms with Gasteiger partial charge in [-0.15, -0.1) is 0 Å². The molecule has 0 bridgehead atoms. The van der Waals surface area contributed by atoms with Crippen LogP contribution in [0, 0.1) is 0 Å². The van der Waals surface area contributed by atoms with Crippen LogP contribution >= 0.6 is 0 Å². The molecule has 1 aromatic carbocycles. The Hall–Kier alpha value is -1.56. The van der Waals surface area contributed by atoms with Crippen LogP contribution in [0.2, 0.25) is 0 Å². The predicted octanol–water partition coefficient (Wildman–Crippen LogP) is 1.14. The number of para-hydroxylation sites is 1. The molecule has 0 unspecified atom stereocenters. The molecule has 0 saturated heterocycles. The van der Waals surface area contributed by atoms with E-state index in [1.807, 2.05) is 24.3 Å². The minimum atomic E-state index is -3.00. The van der Waals surface area contributed by atoms with Gasteiger partial charge in [0.15, 0.2) is 0 Å². The van der Waals surface area contributed by atoms with E-state index in [9.17, 15) is 13.2 Å². The fourth-order valence-corrected chi connectivity index (χ4v) is 2.29. The van der Waals surface area contributed by atoms with Gasteiger partial charge in [0.05, 0.1) is 12.9 Å². The molecule has 1 rings (SSSR count). The number of hydrogen-bond donors (Lipinski definition) is 1. The zero-order chi connectivity index (χ0) is 14.3. The van der Waals surface area contributed by atoms with Gasteiger partial charge in [0.2, 0.25) is 5.91 Å². The van der Waals surface area contributed by atoms with E-state index in [0.717, 1.165) is 11.3 Å². The molecule has 0 radical (unpaired) electrons. The Labute approximate surface area is 113 Å². The summed E-state index contributed by atoms with van der Waals surface area (Å²) >= 11 is 0. The monoisotopic (exact) mass is 285 g/mol. The van der Waals surface area contributed by atoms with Crippen LogP contribution in [0.1, 0.15) is 18.4 Å². The molecule has 106 valence electrons. The number of carbonyl (C=O) groups excluding carboxylic acids is 1. The van der Waals surface area contributed by atoms with Crippen molar-refractivity contribution in [3.05, 3.63) is 29.8 Å². The second kappa shape index (κ2) is 7.13. The Kier molecular flexibility index (Phi) is 5.82. The molecule has 19 heavy (non-hydrogen) atoms. The van der Waals surface area contributed by atoms with Crippen molar-refractivity contribution in [1.29, 1.82) is 0 Å². The summed E-state index contributed by atoms with van der Waals surface area (Å²) in [5, 5.41) is 2.75. The van der Waals surface area contributed by atoms with Crippen LogP contribution in [0.3, 0.4) is 0 Å². The second-order valence-corrected chi connectivity index (χ2v) is 6.58. The lowest BCUT2D eigenvalue weighted by molar-refractivity contribution is -0.121. The number of amides is 1. The van der Waals surface area contributed by atoms with E-state index in [0.29, 0.717) is 13.0 Å². The molecule has 0 saturated carbocycles. The summed E-state index contributed by atoms with van der Waals surface area (Å²) in [5.41, 5.74) is 0.890. The van der Waals surface area contributed by atoms with E-state index in [-0.39, 0.29) is 18.1 Å². The van der Waals surface area contributed by atoms with Gasteiger partial charge in [0.1, 0.15) is 15.6 Å². The number of sulfone groups is 1. The minimum Gasteiger partial charge on any atom is -0.496 e. The molecule has 0 atom stereocenters. The molecular formula is C13H19NO4S. The zero-order valence-electron chi connectivity index (χ0n) is 11.2. The standard InChI is InChI=1S/C13H19NO4S/c1-18-12-7-4-3-6-11(12)10-14-13(15)8-5-9-19(2,16)17/h3-4,6-7H,5,8-10H2,1-2H3,(H,14,15). The number of benzene rings is 1. The second-order valence-electron chi connectivity index (χ2n) is 4.32. The average Bonchev–Trinajstić information content (AvgIpc) is 2.35. The Morgan fingerprint density at radius 3 is 2.63 bits per heavy atom. The SMILES string of the molecule is COc1ccccc1CNC(=O)CCCS(C)(=O)=O. The Morgan fingerprint density at radius 2 is 2.00 bits per heavy atom. The van der Waals surface area contributed by atoms with Gasteiger partial charge in [-0.05, 0) is 12.5 Å². The van der Waals surface area contributed by atoms with Crippen LogP contribution in [-0.4, -0.2) is 33.4 Å². The molecule has 1 N–H and O–H groups in total. The number of hydrogen-bond acceptors (Lipinski definition) is 4. The van der Waals surface area contributed by atoms with Crippen LogP contribution in [0.4, 0.5) is 0 Å². The van der Waals surface area contributed by atoms with Gasteiger partial charge < -0.3 is 10.1 Å². The molecule has 1 amide bonds. The van der Waals surface area contributed by atoms with Gasteiger partial charge in [-0.2, -0.15) is 0 Å². The summed E-state index contributed by atoms with van der Waals surface area (Å²) in [4.78, 5) is 11.6. The smallest absolute Gasteiger partial charge is 0.220 e. The molecule has 0 aliphatic carbocycles. The van der Waals surface area contributed by atoms with E-state index in [2.05, 4.69) is 5.32 Å². The lowest BCUT2D eigenvalue weighted by atomic mass is 10.2. The first-order chi connectivity index (χ1) is 8.92. The van der Waals surface area contributed by atoms with Crippen LogP contribution in [0.5, 0.6) is 5.75 Å². The van der Waals surface area contributed by atoms with Gasteiger partial charge in [-0.1, -0.05) is 18.2 Å². The first-order valence-electron chi connectivity index (χ1n) is 5.98. The predicted molar refractivity (Wildman–Crippen MR) is 73.8 cm³/mol. The largest absolute Gasteiger partial charge is 0.496 e. The molecule has 0 heterocycles. The van der Waals surface area contributed by atoms with Crippen molar-refractivity contribution in [1.82, 2.24) is 5.32 Å². The molecule has 0 aliphatic heterocycles. The third-order valence-electron chi connectivity index (χ3n) is 2.59. The van der Waals surface area contributed by atoms with Crippen molar-refractivity contribution in [3.63, 3.8) is 0 Å². The van der Waals surface area contributed by atoms with Crippen molar-refractivity contribution in [2.75, 3.05) is 19.1 Å². The van der Waals surface area contributed by atoms with Crippen LogP contribution in [0.25, 0.3) is 0 Å². The van der Waals surface area contributed by atoms with E-state index >= 15 is 0 Å². The molecule has 0 aliphatic rings. The number of nitrogens with one attached hydrogen (secondary N) is 1. The molecule has 0 aromatic heterocycles. The van der Waals surface area contributed by atoms with E-state index in [1.54, 1.807) is 7.11 Å². The maximum Gasteiger partial charge on any atom is 0.220 e. The summed E-state index contributed by atoms with van der Waals surface area (Å²) in [6, 6.07) is 7.42. The van der Waals surface area contributed by atoms with Gasteiger partial charge in [0, 0.05) is 24.8 Å². The summed E-state index contributed by atoms with van der Waals surface area (Å²) in [6.45, 7) is 0.377. The van der Waals surface area contributed by atoms with Crippen molar-refractivity contribution in [2.24, 2.45) is 0 Å². The molecule has 0 fully saturated rings. The molecule has 6 heteroatoms. The quantitative estimate of drug-likeness (QED) is 0.815.